The first-order chi connectivity index (χ1) is 8.43. The van der Waals surface area contributed by atoms with E-state index in [2.05, 4.69) is 10.2 Å². The molecule has 1 heterocycles. The smallest absolute Gasteiger partial charge is 0.314 e. The lowest BCUT2D eigenvalue weighted by molar-refractivity contribution is -0.139. The topological polar surface area (TPSA) is 30.7 Å². The standard InChI is InChI=1S/C11H9F4N3/c1-2-18-6-16-17-10(18)7-3-4-9(12)8(5-7)11(13,14)15/h3-6H,2H2,1H3. The maximum atomic E-state index is 13.1. The van der Waals surface area contributed by atoms with Gasteiger partial charge in [0.2, 0.25) is 0 Å². The van der Waals surface area contributed by atoms with Gasteiger partial charge in [-0.15, -0.1) is 10.2 Å². The van der Waals surface area contributed by atoms with Gasteiger partial charge < -0.3 is 4.57 Å². The highest BCUT2D eigenvalue weighted by molar-refractivity contribution is 5.56. The van der Waals surface area contributed by atoms with E-state index in [0.717, 1.165) is 12.1 Å². The van der Waals surface area contributed by atoms with Crippen LogP contribution in [0.15, 0.2) is 24.5 Å². The largest absolute Gasteiger partial charge is 0.419 e. The number of hydrogen-bond donors (Lipinski definition) is 0. The van der Waals surface area contributed by atoms with Crippen LogP contribution in [0.25, 0.3) is 11.4 Å². The lowest BCUT2D eigenvalue weighted by Crippen LogP contribution is -2.08. The fraction of sp³-hybridized carbons (Fsp3) is 0.273. The Morgan fingerprint density at radius 1 is 1.28 bits per heavy atom. The summed E-state index contributed by atoms with van der Waals surface area (Å²) in [5.74, 6) is -1.02. The lowest BCUT2D eigenvalue weighted by atomic mass is 10.1. The predicted octanol–water partition coefficient (Wildman–Crippen LogP) is 3.12. The van der Waals surface area contributed by atoms with E-state index >= 15 is 0 Å². The molecule has 0 amide bonds. The quantitative estimate of drug-likeness (QED) is 0.776. The first-order valence-corrected chi connectivity index (χ1v) is 5.18. The number of aromatic nitrogens is 3. The molecular formula is C11H9F4N3. The molecule has 0 saturated carbocycles. The van der Waals surface area contributed by atoms with E-state index in [1.807, 2.05) is 0 Å². The van der Waals surface area contributed by atoms with Gasteiger partial charge in [0, 0.05) is 12.1 Å². The number of rotatable bonds is 2. The SMILES string of the molecule is CCn1cnnc1-c1ccc(F)c(C(F)(F)F)c1. The number of halogens is 4. The minimum Gasteiger partial charge on any atom is -0.314 e. The van der Waals surface area contributed by atoms with Crippen LogP contribution in [0, 0.1) is 5.82 Å². The van der Waals surface area contributed by atoms with Crippen molar-refractivity contribution in [3.8, 4) is 11.4 Å². The summed E-state index contributed by atoms with van der Waals surface area (Å²) >= 11 is 0. The fourth-order valence-electron chi connectivity index (χ4n) is 1.59. The van der Waals surface area contributed by atoms with Crippen molar-refractivity contribution in [1.29, 1.82) is 0 Å². The molecule has 18 heavy (non-hydrogen) atoms. The van der Waals surface area contributed by atoms with Gasteiger partial charge in [-0.25, -0.2) is 4.39 Å². The van der Waals surface area contributed by atoms with Gasteiger partial charge in [0.1, 0.15) is 12.1 Å². The maximum Gasteiger partial charge on any atom is 0.419 e. The Morgan fingerprint density at radius 2 is 2.00 bits per heavy atom. The Labute approximate surface area is 100 Å². The van der Waals surface area contributed by atoms with Gasteiger partial charge >= 0.3 is 6.18 Å². The van der Waals surface area contributed by atoms with E-state index in [9.17, 15) is 17.6 Å². The van der Waals surface area contributed by atoms with Crippen LogP contribution in [0.5, 0.6) is 0 Å². The van der Waals surface area contributed by atoms with Crippen molar-refractivity contribution in [2.45, 2.75) is 19.6 Å². The first-order valence-electron chi connectivity index (χ1n) is 5.18. The molecule has 0 spiro atoms. The van der Waals surface area contributed by atoms with E-state index in [4.69, 9.17) is 0 Å². The van der Waals surface area contributed by atoms with Crippen molar-refractivity contribution in [3.63, 3.8) is 0 Å². The number of nitrogens with zero attached hydrogens (tertiary/aromatic N) is 3. The van der Waals surface area contributed by atoms with Crippen molar-refractivity contribution >= 4 is 0 Å². The van der Waals surface area contributed by atoms with Crippen LogP contribution >= 0.6 is 0 Å². The molecule has 0 aliphatic rings. The Balaban J connectivity index is 2.54. The molecule has 2 rings (SSSR count). The second-order valence-electron chi connectivity index (χ2n) is 3.63. The molecule has 0 fully saturated rings. The molecule has 1 aromatic heterocycles. The summed E-state index contributed by atoms with van der Waals surface area (Å²) in [6.07, 6.45) is -3.32. The van der Waals surface area contributed by atoms with Crippen molar-refractivity contribution in [1.82, 2.24) is 14.8 Å². The minimum absolute atomic E-state index is 0.183. The zero-order chi connectivity index (χ0) is 13.3. The van der Waals surface area contributed by atoms with Gasteiger partial charge in [-0.1, -0.05) is 0 Å². The molecule has 0 N–H and O–H groups in total. The highest BCUT2D eigenvalue weighted by Gasteiger charge is 2.34. The molecule has 0 bridgehead atoms. The van der Waals surface area contributed by atoms with E-state index in [1.165, 1.54) is 12.4 Å². The van der Waals surface area contributed by atoms with Gasteiger partial charge in [0.25, 0.3) is 0 Å². The molecule has 0 atom stereocenters. The summed E-state index contributed by atoms with van der Waals surface area (Å²) in [5, 5.41) is 7.35. The third kappa shape index (κ3) is 2.20. The van der Waals surface area contributed by atoms with Crippen LogP contribution < -0.4 is 0 Å². The zero-order valence-electron chi connectivity index (χ0n) is 9.37. The molecule has 96 valence electrons. The summed E-state index contributed by atoms with van der Waals surface area (Å²) in [4.78, 5) is 0. The second-order valence-corrected chi connectivity index (χ2v) is 3.63. The molecule has 0 saturated heterocycles. The third-order valence-electron chi connectivity index (χ3n) is 2.49. The highest BCUT2D eigenvalue weighted by atomic mass is 19.4. The van der Waals surface area contributed by atoms with Crippen molar-refractivity contribution in [2.75, 3.05) is 0 Å². The number of alkyl halides is 3. The second kappa shape index (κ2) is 4.40. The van der Waals surface area contributed by atoms with Gasteiger partial charge in [-0.3, -0.25) is 0 Å². The molecular weight excluding hydrogens is 250 g/mol. The van der Waals surface area contributed by atoms with Gasteiger partial charge in [0.15, 0.2) is 5.82 Å². The Kier molecular flexibility index (Phi) is 3.06. The van der Waals surface area contributed by atoms with Crippen LogP contribution in [0.4, 0.5) is 17.6 Å². The molecule has 0 aliphatic carbocycles. The van der Waals surface area contributed by atoms with E-state index in [-0.39, 0.29) is 11.4 Å². The third-order valence-corrected chi connectivity index (χ3v) is 2.49. The van der Waals surface area contributed by atoms with Crippen LogP contribution in [0.1, 0.15) is 12.5 Å². The molecule has 0 unspecified atom stereocenters. The number of benzene rings is 1. The number of aryl methyl sites for hydroxylation is 1. The van der Waals surface area contributed by atoms with Gasteiger partial charge in [-0.2, -0.15) is 13.2 Å². The van der Waals surface area contributed by atoms with Crippen LogP contribution in [-0.4, -0.2) is 14.8 Å². The summed E-state index contributed by atoms with van der Waals surface area (Å²) in [5.41, 5.74) is -1.12. The van der Waals surface area contributed by atoms with Gasteiger partial charge in [-0.05, 0) is 25.1 Å². The average molecular weight is 259 g/mol. The van der Waals surface area contributed by atoms with Crippen molar-refractivity contribution in [3.05, 3.63) is 35.9 Å². The van der Waals surface area contributed by atoms with E-state index in [1.54, 1.807) is 11.5 Å². The van der Waals surface area contributed by atoms with Crippen molar-refractivity contribution in [2.24, 2.45) is 0 Å². The Bertz CT molecular complexity index is 560. The summed E-state index contributed by atoms with van der Waals surface area (Å²) in [6.45, 7) is 2.32. The summed E-state index contributed by atoms with van der Waals surface area (Å²) < 4.78 is 52.4. The summed E-state index contributed by atoms with van der Waals surface area (Å²) in [7, 11) is 0. The molecule has 0 radical (unpaired) electrons. The highest BCUT2D eigenvalue weighted by Crippen LogP contribution is 2.33. The minimum atomic E-state index is -4.73. The predicted molar refractivity (Wildman–Crippen MR) is 56.1 cm³/mol. The zero-order valence-corrected chi connectivity index (χ0v) is 9.37. The first kappa shape index (κ1) is 12.5. The Morgan fingerprint density at radius 3 is 2.61 bits per heavy atom. The van der Waals surface area contributed by atoms with Gasteiger partial charge in [0.05, 0.1) is 5.56 Å². The normalized spacial score (nSPS) is 11.8. The van der Waals surface area contributed by atoms with Crippen LogP contribution in [0.2, 0.25) is 0 Å². The average Bonchev–Trinajstić information content (AvgIpc) is 2.76. The fourth-order valence-corrected chi connectivity index (χ4v) is 1.59. The summed E-state index contributed by atoms with van der Waals surface area (Å²) in [6, 6.07) is 2.78. The van der Waals surface area contributed by atoms with Crippen LogP contribution in [0.3, 0.4) is 0 Å². The van der Waals surface area contributed by atoms with E-state index in [0.29, 0.717) is 6.54 Å². The molecule has 0 aliphatic heterocycles. The van der Waals surface area contributed by atoms with E-state index < -0.39 is 17.6 Å². The maximum absolute atomic E-state index is 13.1. The number of hydrogen-bond acceptors (Lipinski definition) is 2. The Hall–Kier alpha value is -1.92. The lowest BCUT2D eigenvalue weighted by Gasteiger charge is -2.10. The van der Waals surface area contributed by atoms with Crippen LogP contribution in [-0.2, 0) is 12.7 Å². The monoisotopic (exact) mass is 259 g/mol. The molecule has 7 heteroatoms. The molecule has 3 nitrogen and oxygen atoms in total. The molecule has 1 aromatic carbocycles. The van der Waals surface area contributed by atoms with Crippen molar-refractivity contribution < 1.29 is 17.6 Å². The molecule has 2 aromatic rings.